The van der Waals surface area contributed by atoms with Gasteiger partial charge in [-0.25, -0.2) is 8.42 Å². The van der Waals surface area contributed by atoms with Crippen LogP contribution in [0.4, 0.5) is 11.4 Å². The minimum absolute atomic E-state index is 0.0629. The van der Waals surface area contributed by atoms with Gasteiger partial charge in [0.05, 0.1) is 10.6 Å². The molecule has 1 fully saturated rings. The van der Waals surface area contributed by atoms with Gasteiger partial charge in [0.25, 0.3) is 10.0 Å². The second kappa shape index (κ2) is 6.45. The number of nitrogens with one attached hydrogen (secondary N) is 1. The Balaban J connectivity index is 1.92. The van der Waals surface area contributed by atoms with Crippen LogP contribution in [0.15, 0.2) is 47.4 Å². The molecule has 1 aliphatic rings. The molecule has 0 bridgehead atoms. The molecule has 1 heterocycles. The maximum Gasteiger partial charge on any atom is 0.261 e. The summed E-state index contributed by atoms with van der Waals surface area (Å²) in [6, 6.07) is 11.2. The Morgan fingerprint density at radius 1 is 1.17 bits per heavy atom. The van der Waals surface area contributed by atoms with Gasteiger partial charge in [-0.1, -0.05) is 23.7 Å². The summed E-state index contributed by atoms with van der Waals surface area (Å²) in [6.45, 7) is 2.56. The van der Waals surface area contributed by atoms with E-state index >= 15 is 0 Å². The maximum absolute atomic E-state index is 12.5. The average Bonchev–Trinajstić information content (AvgIpc) is 2.95. The number of hydrogen-bond donors (Lipinski definition) is 1. The van der Waals surface area contributed by atoms with Crippen LogP contribution in [0, 0.1) is 6.92 Å². The lowest BCUT2D eigenvalue weighted by molar-refractivity contribution is -0.117. The summed E-state index contributed by atoms with van der Waals surface area (Å²) < 4.78 is 27.5. The van der Waals surface area contributed by atoms with E-state index in [0.717, 1.165) is 17.7 Å². The molecule has 5 nitrogen and oxygen atoms in total. The first-order valence-electron chi connectivity index (χ1n) is 7.56. The normalized spacial score (nSPS) is 14.9. The first-order chi connectivity index (χ1) is 11.4. The maximum atomic E-state index is 12.5. The van der Waals surface area contributed by atoms with Gasteiger partial charge >= 0.3 is 0 Å². The van der Waals surface area contributed by atoms with Crippen molar-refractivity contribution in [2.45, 2.75) is 24.7 Å². The van der Waals surface area contributed by atoms with Gasteiger partial charge in [-0.15, -0.1) is 0 Å². The number of anilines is 2. The lowest BCUT2D eigenvalue weighted by atomic mass is 10.1. The van der Waals surface area contributed by atoms with Crippen molar-refractivity contribution in [3.05, 3.63) is 53.1 Å². The standard InChI is InChI=1S/C17H17ClN2O3S/c1-12-7-8-14(11-16(12)20-9-3-6-17(20)21)19-24(22,23)15-5-2-4-13(18)10-15/h2,4-5,7-8,10-11,19H,3,6,9H2,1H3. The summed E-state index contributed by atoms with van der Waals surface area (Å²) >= 11 is 5.87. The zero-order chi connectivity index (χ0) is 17.3. The zero-order valence-electron chi connectivity index (χ0n) is 13.1. The topological polar surface area (TPSA) is 66.5 Å². The van der Waals surface area contributed by atoms with E-state index in [1.807, 2.05) is 6.92 Å². The van der Waals surface area contributed by atoms with Crippen molar-refractivity contribution < 1.29 is 13.2 Å². The molecule has 1 aliphatic heterocycles. The molecule has 0 unspecified atom stereocenters. The van der Waals surface area contributed by atoms with E-state index in [4.69, 9.17) is 11.6 Å². The predicted molar refractivity (Wildman–Crippen MR) is 95.0 cm³/mol. The van der Waals surface area contributed by atoms with E-state index in [9.17, 15) is 13.2 Å². The van der Waals surface area contributed by atoms with Crippen molar-refractivity contribution in [1.82, 2.24) is 0 Å². The molecule has 0 aliphatic carbocycles. The lowest BCUT2D eigenvalue weighted by Gasteiger charge is -2.19. The first-order valence-corrected chi connectivity index (χ1v) is 9.42. The number of rotatable bonds is 4. The number of carbonyl (C=O) groups is 1. The van der Waals surface area contributed by atoms with Crippen LogP contribution in [0.3, 0.4) is 0 Å². The van der Waals surface area contributed by atoms with E-state index in [-0.39, 0.29) is 10.8 Å². The van der Waals surface area contributed by atoms with Crippen LogP contribution < -0.4 is 9.62 Å². The molecule has 1 amide bonds. The smallest absolute Gasteiger partial charge is 0.261 e. The van der Waals surface area contributed by atoms with E-state index in [1.165, 1.54) is 12.1 Å². The van der Waals surface area contributed by atoms with Gasteiger partial charge in [0.2, 0.25) is 5.91 Å². The summed E-state index contributed by atoms with van der Waals surface area (Å²) in [5.74, 6) is 0.0629. The number of amides is 1. The van der Waals surface area contributed by atoms with Crippen molar-refractivity contribution in [3.8, 4) is 0 Å². The summed E-state index contributed by atoms with van der Waals surface area (Å²) in [5.41, 5.74) is 2.08. The van der Waals surface area contributed by atoms with Crippen LogP contribution in [0.2, 0.25) is 5.02 Å². The highest BCUT2D eigenvalue weighted by Gasteiger charge is 2.24. The number of sulfonamides is 1. The Morgan fingerprint density at radius 3 is 2.62 bits per heavy atom. The average molecular weight is 365 g/mol. The number of carbonyl (C=O) groups excluding carboxylic acids is 1. The molecule has 24 heavy (non-hydrogen) atoms. The minimum Gasteiger partial charge on any atom is -0.312 e. The summed E-state index contributed by atoms with van der Waals surface area (Å²) in [7, 11) is -3.74. The fourth-order valence-corrected chi connectivity index (χ4v) is 4.06. The van der Waals surface area contributed by atoms with Crippen molar-refractivity contribution in [2.24, 2.45) is 0 Å². The van der Waals surface area contributed by atoms with Crippen LogP contribution in [-0.4, -0.2) is 20.9 Å². The highest BCUT2D eigenvalue weighted by molar-refractivity contribution is 7.92. The second-order valence-electron chi connectivity index (χ2n) is 5.71. The van der Waals surface area contributed by atoms with E-state index in [2.05, 4.69) is 4.72 Å². The van der Waals surface area contributed by atoms with E-state index in [0.29, 0.717) is 23.7 Å². The highest BCUT2D eigenvalue weighted by atomic mass is 35.5. The number of benzene rings is 2. The SMILES string of the molecule is Cc1ccc(NS(=O)(=O)c2cccc(Cl)c2)cc1N1CCCC1=O. The predicted octanol–water partition coefficient (Wildman–Crippen LogP) is 3.58. The highest BCUT2D eigenvalue weighted by Crippen LogP contribution is 2.29. The van der Waals surface area contributed by atoms with Crippen LogP contribution in [0.1, 0.15) is 18.4 Å². The molecule has 2 aromatic carbocycles. The van der Waals surface area contributed by atoms with Crippen LogP contribution in [0.25, 0.3) is 0 Å². The third kappa shape index (κ3) is 3.39. The molecule has 7 heteroatoms. The van der Waals surface area contributed by atoms with Crippen molar-refractivity contribution >= 4 is 38.9 Å². The van der Waals surface area contributed by atoms with E-state index in [1.54, 1.807) is 35.2 Å². The van der Waals surface area contributed by atoms with Crippen molar-refractivity contribution in [2.75, 3.05) is 16.2 Å². The number of nitrogens with zero attached hydrogens (tertiary/aromatic N) is 1. The fraction of sp³-hybridized carbons (Fsp3) is 0.235. The molecule has 0 aromatic heterocycles. The van der Waals surface area contributed by atoms with E-state index < -0.39 is 10.0 Å². The van der Waals surface area contributed by atoms with Gasteiger partial charge in [-0.05, 0) is 49.2 Å². The Labute approximate surface area is 146 Å². The molecule has 2 aromatic rings. The molecule has 0 atom stereocenters. The molecule has 126 valence electrons. The van der Waals surface area contributed by atoms with Gasteiger partial charge in [0, 0.05) is 23.7 Å². The number of hydrogen-bond acceptors (Lipinski definition) is 3. The molecule has 0 radical (unpaired) electrons. The summed E-state index contributed by atoms with van der Waals surface area (Å²) in [5, 5.41) is 0.352. The fourth-order valence-electron chi connectivity index (χ4n) is 2.71. The molecule has 1 N–H and O–H groups in total. The zero-order valence-corrected chi connectivity index (χ0v) is 14.7. The minimum atomic E-state index is -3.74. The Bertz CT molecular complexity index is 896. The molecular formula is C17H17ClN2O3S. The monoisotopic (exact) mass is 364 g/mol. The second-order valence-corrected chi connectivity index (χ2v) is 7.83. The third-order valence-corrected chi connectivity index (χ3v) is 5.55. The summed E-state index contributed by atoms with van der Waals surface area (Å²) in [4.78, 5) is 13.7. The van der Waals surface area contributed by atoms with Crippen molar-refractivity contribution in [1.29, 1.82) is 0 Å². The molecule has 0 spiro atoms. The lowest BCUT2D eigenvalue weighted by Crippen LogP contribution is -2.24. The Kier molecular flexibility index (Phi) is 4.51. The first kappa shape index (κ1) is 16.8. The Morgan fingerprint density at radius 2 is 1.96 bits per heavy atom. The van der Waals surface area contributed by atoms with Gasteiger partial charge in [0.15, 0.2) is 0 Å². The van der Waals surface area contributed by atoms with Crippen LogP contribution in [-0.2, 0) is 14.8 Å². The van der Waals surface area contributed by atoms with Crippen LogP contribution >= 0.6 is 11.6 Å². The molecular weight excluding hydrogens is 348 g/mol. The van der Waals surface area contributed by atoms with Gasteiger partial charge < -0.3 is 4.90 Å². The largest absolute Gasteiger partial charge is 0.312 e. The Hall–Kier alpha value is -2.05. The molecule has 0 saturated carbocycles. The summed E-state index contributed by atoms with van der Waals surface area (Å²) in [6.07, 6.45) is 1.34. The van der Waals surface area contributed by atoms with Gasteiger partial charge in [-0.3, -0.25) is 9.52 Å². The van der Waals surface area contributed by atoms with Crippen molar-refractivity contribution in [3.63, 3.8) is 0 Å². The molecule has 1 saturated heterocycles. The number of halogens is 1. The van der Waals surface area contributed by atoms with Crippen LogP contribution in [0.5, 0.6) is 0 Å². The van der Waals surface area contributed by atoms with Gasteiger partial charge in [-0.2, -0.15) is 0 Å². The quantitative estimate of drug-likeness (QED) is 0.901. The molecule has 3 rings (SSSR count). The van der Waals surface area contributed by atoms with Gasteiger partial charge in [0.1, 0.15) is 0 Å². The third-order valence-electron chi connectivity index (χ3n) is 3.93. The number of aryl methyl sites for hydroxylation is 1.